The molecule has 2 aliphatic heterocycles. The Balaban J connectivity index is 1.65. The van der Waals surface area contributed by atoms with Crippen LogP contribution in [0.4, 0.5) is 0 Å². The van der Waals surface area contributed by atoms with Gasteiger partial charge in [0.15, 0.2) is 35.7 Å². The summed E-state index contributed by atoms with van der Waals surface area (Å²) in [5.41, 5.74) is 6.46. The first kappa shape index (κ1) is 20.4. The monoisotopic (exact) mass is 451 g/mol. The number of methoxy groups -OCH3 is 2. The lowest BCUT2D eigenvalue weighted by atomic mass is 9.88. The first-order valence-electron chi connectivity index (χ1n) is 11.2. The molecule has 3 aromatic carbocycles. The van der Waals surface area contributed by atoms with Crippen molar-refractivity contribution in [3.8, 4) is 40.3 Å². The Bertz CT molecular complexity index is 1500. The zero-order valence-electron chi connectivity index (χ0n) is 19.1. The zero-order valence-corrected chi connectivity index (χ0v) is 19.1. The highest BCUT2D eigenvalue weighted by Crippen LogP contribution is 2.44. The van der Waals surface area contributed by atoms with Crippen LogP contribution in [-0.2, 0) is 19.4 Å². The van der Waals surface area contributed by atoms with E-state index in [0.717, 1.165) is 57.8 Å². The highest BCUT2D eigenvalue weighted by molar-refractivity contribution is 5.95. The molecule has 6 rings (SSSR count). The van der Waals surface area contributed by atoms with Crippen molar-refractivity contribution in [1.82, 2.24) is 0 Å². The number of nitrogens with zero attached hydrogens (tertiary/aromatic N) is 2. The van der Waals surface area contributed by atoms with Crippen LogP contribution < -0.4 is 23.5 Å². The number of rotatable bonds is 4. The van der Waals surface area contributed by atoms with Gasteiger partial charge in [-0.1, -0.05) is 12.1 Å². The quantitative estimate of drug-likeness (QED) is 0.426. The molecule has 0 radical (unpaired) electrons. The van der Waals surface area contributed by atoms with Gasteiger partial charge in [-0.3, -0.25) is 0 Å². The Hall–Kier alpha value is -4.24. The van der Waals surface area contributed by atoms with Crippen LogP contribution in [0, 0.1) is 11.3 Å². The highest BCUT2D eigenvalue weighted by atomic mass is 16.7. The molecule has 0 atom stereocenters. The SMILES string of the molecule is COc1ccc2c(Cc3cccc(C#N)c3)c3[n+](cc2c1OC)CCc1cc2c(cc1-3)OCO2. The molecule has 0 unspecified atom stereocenters. The fourth-order valence-corrected chi connectivity index (χ4v) is 5.14. The summed E-state index contributed by atoms with van der Waals surface area (Å²) in [6.45, 7) is 1.09. The van der Waals surface area contributed by atoms with Crippen molar-refractivity contribution >= 4 is 10.8 Å². The molecule has 0 bridgehead atoms. The van der Waals surface area contributed by atoms with Crippen molar-refractivity contribution in [3.63, 3.8) is 0 Å². The second kappa shape index (κ2) is 7.96. The number of hydrogen-bond donors (Lipinski definition) is 0. The Morgan fingerprint density at radius 2 is 1.85 bits per heavy atom. The van der Waals surface area contributed by atoms with E-state index in [4.69, 9.17) is 18.9 Å². The maximum atomic E-state index is 9.43. The minimum absolute atomic E-state index is 0.251. The van der Waals surface area contributed by atoms with Crippen molar-refractivity contribution < 1.29 is 23.5 Å². The van der Waals surface area contributed by atoms with Crippen molar-refractivity contribution in [2.24, 2.45) is 0 Å². The van der Waals surface area contributed by atoms with Crippen LogP contribution in [0.2, 0.25) is 0 Å². The summed E-state index contributed by atoms with van der Waals surface area (Å²) < 4.78 is 25.0. The topological polar surface area (TPSA) is 64.6 Å². The van der Waals surface area contributed by atoms with E-state index < -0.39 is 0 Å². The number of benzene rings is 3. The molecule has 4 aromatic rings. The summed E-state index contributed by atoms with van der Waals surface area (Å²) in [5.74, 6) is 3.01. The third-order valence-corrected chi connectivity index (χ3v) is 6.68. The maximum Gasteiger partial charge on any atom is 0.231 e. The molecule has 0 fully saturated rings. The molecule has 6 nitrogen and oxygen atoms in total. The number of hydrogen-bond acceptors (Lipinski definition) is 5. The van der Waals surface area contributed by atoms with E-state index in [1.807, 2.05) is 24.3 Å². The largest absolute Gasteiger partial charge is 0.493 e. The minimum Gasteiger partial charge on any atom is -0.493 e. The minimum atomic E-state index is 0.251. The number of aryl methyl sites for hydroxylation is 2. The van der Waals surface area contributed by atoms with E-state index in [1.165, 1.54) is 11.1 Å². The van der Waals surface area contributed by atoms with Gasteiger partial charge in [-0.25, -0.2) is 0 Å². The molecule has 0 N–H and O–H groups in total. The first-order valence-corrected chi connectivity index (χ1v) is 11.2. The summed E-state index contributed by atoms with van der Waals surface area (Å²) in [4.78, 5) is 0. The Morgan fingerprint density at radius 1 is 1.00 bits per heavy atom. The van der Waals surface area contributed by atoms with E-state index in [9.17, 15) is 5.26 Å². The Kier molecular flexibility index (Phi) is 4.77. The first-order chi connectivity index (χ1) is 16.7. The maximum absolute atomic E-state index is 9.43. The molecule has 3 heterocycles. The molecule has 0 aliphatic carbocycles. The summed E-state index contributed by atoms with van der Waals surface area (Å²) in [5, 5.41) is 11.5. The van der Waals surface area contributed by atoms with Gasteiger partial charge in [-0.15, -0.1) is 0 Å². The molecular formula is C28H23N2O4+. The van der Waals surface area contributed by atoms with Gasteiger partial charge in [0.05, 0.1) is 36.8 Å². The van der Waals surface area contributed by atoms with Crippen LogP contribution >= 0.6 is 0 Å². The lowest BCUT2D eigenvalue weighted by Crippen LogP contribution is -2.41. The van der Waals surface area contributed by atoms with E-state index in [-0.39, 0.29) is 6.79 Å². The number of nitriles is 1. The fraction of sp³-hybridized carbons (Fsp3) is 0.214. The van der Waals surface area contributed by atoms with Crippen LogP contribution in [0.3, 0.4) is 0 Å². The van der Waals surface area contributed by atoms with Crippen molar-refractivity contribution in [1.29, 1.82) is 5.26 Å². The number of ether oxygens (including phenoxy) is 4. The average Bonchev–Trinajstić information content (AvgIpc) is 3.33. The number of aromatic nitrogens is 1. The average molecular weight is 452 g/mol. The third-order valence-electron chi connectivity index (χ3n) is 6.68. The molecule has 0 spiro atoms. The number of pyridine rings is 1. The fourth-order valence-electron chi connectivity index (χ4n) is 5.14. The second-order valence-corrected chi connectivity index (χ2v) is 8.51. The predicted molar refractivity (Wildman–Crippen MR) is 126 cm³/mol. The molecule has 0 saturated carbocycles. The Morgan fingerprint density at radius 3 is 2.65 bits per heavy atom. The third kappa shape index (κ3) is 3.12. The second-order valence-electron chi connectivity index (χ2n) is 8.51. The van der Waals surface area contributed by atoms with Gasteiger partial charge < -0.3 is 18.9 Å². The Labute approximate surface area is 197 Å². The summed E-state index contributed by atoms with van der Waals surface area (Å²) >= 11 is 0. The summed E-state index contributed by atoms with van der Waals surface area (Å²) in [6, 6.07) is 18.3. The van der Waals surface area contributed by atoms with E-state index in [1.54, 1.807) is 14.2 Å². The van der Waals surface area contributed by atoms with Crippen molar-refractivity contribution in [2.45, 2.75) is 19.4 Å². The smallest absolute Gasteiger partial charge is 0.231 e. The van der Waals surface area contributed by atoms with Crippen molar-refractivity contribution in [3.05, 3.63) is 77.0 Å². The van der Waals surface area contributed by atoms with Gasteiger partial charge in [0, 0.05) is 23.8 Å². The zero-order chi connectivity index (χ0) is 23.2. The number of fused-ring (bicyclic) bond motifs is 5. The van der Waals surface area contributed by atoms with Gasteiger partial charge in [-0.05, 0) is 47.5 Å². The molecule has 34 heavy (non-hydrogen) atoms. The van der Waals surface area contributed by atoms with Gasteiger partial charge >= 0.3 is 0 Å². The van der Waals surface area contributed by atoms with Crippen LogP contribution in [0.5, 0.6) is 23.0 Å². The van der Waals surface area contributed by atoms with Crippen LogP contribution in [0.25, 0.3) is 22.0 Å². The van der Waals surface area contributed by atoms with Gasteiger partial charge in [0.2, 0.25) is 12.5 Å². The molecular weight excluding hydrogens is 428 g/mol. The van der Waals surface area contributed by atoms with Crippen LogP contribution in [0.1, 0.15) is 22.3 Å². The molecule has 6 heteroatoms. The lowest BCUT2D eigenvalue weighted by molar-refractivity contribution is -0.686. The standard InChI is InChI=1S/C28H23N2O4/c1-31-24-7-6-20-22(11-17-4-3-5-18(10-17)14-29)27-21-13-26-25(33-16-34-26)12-19(21)8-9-30(27)15-23(20)28(24)32-2/h3-7,10,12-13,15H,8-9,11,16H2,1-2H3/q+1. The van der Waals surface area contributed by atoms with Gasteiger partial charge in [0.1, 0.15) is 0 Å². The van der Waals surface area contributed by atoms with E-state index in [0.29, 0.717) is 17.7 Å². The van der Waals surface area contributed by atoms with E-state index >= 15 is 0 Å². The molecule has 0 saturated heterocycles. The lowest BCUT2D eigenvalue weighted by Gasteiger charge is -2.21. The highest BCUT2D eigenvalue weighted by Gasteiger charge is 2.32. The molecule has 2 aliphatic rings. The summed E-state index contributed by atoms with van der Waals surface area (Å²) in [6.07, 6.45) is 3.73. The van der Waals surface area contributed by atoms with Crippen LogP contribution in [0.15, 0.2) is 54.7 Å². The predicted octanol–water partition coefficient (Wildman–Crippen LogP) is 4.56. The van der Waals surface area contributed by atoms with E-state index in [2.05, 4.69) is 41.1 Å². The normalized spacial score (nSPS) is 13.2. The van der Waals surface area contributed by atoms with Crippen LogP contribution in [-0.4, -0.2) is 21.0 Å². The summed E-state index contributed by atoms with van der Waals surface area (Å²) in [7, 11) is 3.33. The van der Waals surface area contributed by atoms with Gasteiger partial charge in [0.25, 0.3) is 0 Å². The molecule has 0 amide bonds. The van der Waals surface area contributed by atoms with Crippen molar-refractivity contribution in [2.75, 3.05) is 21.0 Å². The molecule has 168 valence electrons. The van der Waals surface area contributed by atoms with Gasteiger partial charge in [-0.2, -0.15) is 9.83 Å². The molecule has 1 aromatic heterocycles.